The highest BCUT2D eigenvalue weighted by atomic mass is 16.5. The number of hydrogen-bond donors (Lipinski definition) is 0. The van der Waals surface area contributed by atoms with Crippen molar-refractivity contribution in [2.24, 2.45) is 0 Å². The Morgan fingerprint density at radius 1 is 1.24 bits per heavy atom. The van der Waals surface area contributed by atoms with Crippen LogP contribution in [0.1, 0.15) is 36.0 Å². The third kappa shape index (κ3) is 2.31. The van der Waals surface area contributed by atoms with Crippen LogP contribution in [0.5, 0.6) is 11.5 Å². The smallest absolute Gasteiger partial charge is 0.255 e. The molecule has 1 saturated carbocycles. The minimum Gasteiger partial charge on any atom is -0.490 e. The minimum absolute atomic E-state index is 0.146. The Labute approximate surface area is 124 Å². The van der Waals surface area contributed by atoms with Gasteiger partial charge in [0.2, 0.25) is 0 Å². The second-order valence-corrected chi connectivity index (χ2v) is 5.57. The number of fused-ring (bicyclic) bond motifs is 1. The van der Waals surface area contributed by atoms with Gasteiger partial charge in [-0.05, 0) is 37.5 Å². The SMILES string of the molecule is CN(C(=O)c1ccc2c(c1)OCCCO2)C1(C#N)CCC1. The van der Waals surface area contributed by atoms with Gasteiger partial charge in [-0.2, -0.15) is 5.26 Å². The number of rotatable bonds is 2. The fraction of sp³-hybridized carbons (Fsp3) is 0.500. The number of hydrogen-bond acceptors (Lipinski definition) is 4. The molecule has 1 heterocycles. The molecule has 0 aromatic heterocycles. The number of amides is 1. The highest BCUT2D eigenvalue weighted by Gasteiger charge is 2.43. The summed E-state index contributed by atoms with van der Waals surface area (Å²) in [6, 6.07) is 7.50. The summed E-state index contributed by atoms with van der Waals surface area (Å²) in [5.41, 5.74) is -0.107. The van der Waals surface area contributed by atoms with Crippen molar-refractivity contribution in [1.29, 1.82) is 5.26 Å². The van der Waals surface area contributed by atoms with Crippen molar-refractivity contribution in [3.8, 4) is 17.6 Å². The van der Waals surface area contributed by atoms with Crippen molar-refractivity contribution in [3.05, 3.63) is 23.8 Å². The van der Waals surface area contributed by atoms with E-state index in [1.807, 2.05) is 0 Å². The van der Waals surface area contributed by atoms with Crippen LogP contribution >= 0.6 is 0 Å². The molecule has 0 bridgehead atoms. The molecule has 1 aromatic carbocycles. The molecular formula is C16H18N2O3. The maximum absolute atomic E-state index is 12.6. The normalized spacial score (nSPS) is 18.9. The second kappa shape index (κ2) is 5.28. The molecule has 0 atom stereocenters. The van der Waals surface area contributed by atoms with Crippen LogP contribution in [0.15, 0.2) is 18.2 Å². The van der Waals surface area contributed by atoms with E-state index in [0.717, 1.165) is 25.7 Å². The Morgan fingerprint density at radius 3 is 2.57 bits per heavy atom. The van der Waals surface area contributed by atoms with Gasteiger partial charge < -0.3 is 14.4 Å². The number of carbonyl (C=O) groups excluding carboxylic acids is 1. The van der Waals surface area contributed by atoms with Gasteiger partial charge in [-0.25, -0.2) is 0 Å². The molecule has 1 aliphatic heterocycles. The average Bonchev–Trinajstić information content (AvgIpc) is 2.70. The molecule has 1 amide bonds. The second-order valence-electron chi connectivity index (χ2n) is 5.57. The van der Waals surface area contributed by atoms with Crippen molar-refractivity contribution in [2.45, 2.75) is 31.2 Å². The summed E-state index contributed by atoms with van der Waals surface area (Å²) in [6.07, 6.45) is 3.31. The molecule has 5 nitrogen and oxygen atoms in total. The Kier molecular flexibility index (Phi) is 3.46. The Bertz CT molecular complexity index is 602. The summed E-state index contributed by atoms with van der Waals surface area (Å²) in [6.45, 7) is 1.21. The first-order valence-electron chi connectivity index (χ1n) is 7.25. The molecule has 5 heteroatoms. The van der Waals surface area contributed by atoms with Gasteiger partial charge in [0.25, 0.3) is 5.91 Å². The minimum atomic E-state index is -0.638. The van der Waals surface area contributed by atoms with E-state index in [2.05, 4.69) is 6.07 Å². The van der Waals surface area contributed by atoms with E-state index in [-0.39, 0.29) is 5.91 Å². The molecule has 1 aromatic rings. The van der Waals surface area contributed by atoms with E-state index in [1.165, 1.54) is 0 Å². The van der Waals surface area contributed by atoms with Gasteiger partial charge in [0.05, 0.1) is 19.3 Å². The number of ether oxygens (including phenoxy) is 2. The Balaban J connectivity index is 1.85. The van der Waals surface area contributed by atoms with Gasteiger partial charge in [-0.1, -0.05) is 0 Å². The van der Waals surface area contributed by atoms with Crippen LogP contribution in [0.3, 0.4) is 0 Å². The summed E-state index contributed by atoms with van der Waals surface area (Å²) < 4.78 is 11.2. The number of nitriles is 1. The molecule has 0 radical (unpaired) electrons. The third-order valence-corrected chi connectivity index (χ3v) is 4.33. The zero-order valence-electron chi connectivity index (χ0n) is 12.1. The standard InChI is InChI=1S/C16H18N2O3/c1-18(16(11-17)6-2-7-16)15(19)12-4-5-13-14(10-12)21-9-3-8-20-13/h4-5,10H,2-3,6-9H2,1H3. The topological polar surface area (TPSA) is 62.6 Å². The van der Waals surface area contributed by atoms with E-state index in [4.69, 9.17) is 9.47 Å². The molecule has 0 spiro atoms. The van der Waals surface area contributed by atoms with Crippen LogP contribution in [-0.4, -0.2) is 36.6 Å². The monoisotopic (exact) mass is 286 g/mol. The molecule has 1 aliphatic carbocycles. The molecule has 1 fully saturated rings. The highest BCUT2D eigenvalue weighted by Crippen LogP contribution is 2.38. The summed E-state index contributed by atoms with van der Waals surface area (Å²) >= 11 is 0. The fourth-order valence-corrected chi connectivity index (χ4v) is 2.72. The summed E-state index contributed by atoms with van der Waals surface area (Å²) in [5, 5.41) is 9.34. The van der Waals surface area contributed by atoms with Crippen molar-refractivity contribution in [2.75, 3.05) is 20.3 Å². The van der Waals surface area contributed by atoms with Gasteiger partial charge in [-0.15, -0.1) is 0 Å². The molecule has 110 valence electrons. The van der Waals surface area contributed by atoms with Gasteiger partial charge >= 0.3 is 0 Å². The predicted molar refractivity (Wildman–Crippen MR) is 76.3 cm³/mol. The maximum Gasteiger partial charge on any atom is 0.255 e. The first-order chi connectivity index (χ1) is 10.2. The van der Waals surface area contributed by atoms with E-state index < -0.39 is 5.54 Å². The van der Waals surface area contributed by atoms with Crippen LogP contribution in [0.2, 0.25) is 0 Å². The molecular weight excluding hydrogens is 268 g/mol. The lowest BCUT2D eigenvalue weighted by atomic mass is 9.76. The van der Waals surface area contributed by atoms with Gasteiger partial charge in [0, 0.05) is 19.0 Å². The Hall–Kier alpha value is -2.22. The van der Waals surface area contributed by atoms with Crippen LogP contribution in [0.25, 0.3) is 0 Å². The zero-order valence-corrected chi connectivity index (χ0v) is 12.1. The zero-order chi connectivity index (χ0) is 14.9. The molecule has 3 rings (SSSR count). The molecule has 21 heavy (non-hydrogen) atoms. The lowest BCUT2D eigenvalue weighted by Gasteiger charge is -2.42. The van der Waals surface area contributed by atoms with Crippen molar-refractivity contribution in [3.63, 3.8) is 0 Å². The largest absolute Gasteiger partial charge is 0.490 e. The lowest BCUT2D eigenvalue weighted by molar-refractivity contribution is 0.0497. The lowest BCUT2D eigenvalue weighted by Crippen LogP contribution is -2.53. The predicted octanol–water partition coefficient (Wildman–Crippen LogP) is 2.37. The van der Waals surface area contributed by atoms with Gasteiger partial charge in [0.1, 0.15) is 5.54 Å². The third-order valence-electron chi connectivity index (χ3n) is 4.33. The molecule has 0 saturated heterocycles. The summed E-state index contributed by atoms with van der Waals surface area (Å²) in [5.74, 6) is 1.13. The van der Waals surface area contributed by atoms with E-state index in [9.17, 15) is 10.1 Å². The number of carbonyl (C=O) groups is 1. The maximum atomic E-state index is 12.6. The number of nitrogens with zero attached hydrogens (tertiary/aromatic N) is 2. The van der Waals surface area contributed by atoms with Crippen molar-refractivity contribution < 1.29 is 14.3 Å². The highest BCUT2D eigenvalue weighted by molar-refractivity contribution is 5.95. The van der Waals surface area contributed by atoms with E-state index >= 15 is 0 Å². The molecule has 2 aliphatic rings. The van der Waals surface area contributed by atoms with Crippen LogP contribution < -0.4 is 9.47 Å². The first kappa shape index (κ1) is 13.7. The van der Waals surface area contributed by atoms with Gasteiger partial charge in [0.15, 0.2) is 11.5 Å². The van der Waals surface area contributed by atoms with Crippen LogP contribution in [-0.2, 0) is 0 Å². The van der Waals surface area contributed by atoms with E-state index in [1.54, 1.807) is 30.1 Å². The first-order valence-corrected chi connectivity index (χ1v) is 7.25. The average molecular weight is 286 g/mol. The van der Waals surface area contributed by atoms with Crippen LogP contribution in [0, 0.1) is 11.3 Å². The summed E-state index contributed by atoms with van der Waals surface area (Å²) in [4.78, 5) is 14.2. The number of benzene rings is 1. The van der Waals surface area contributed by atoms with Crippen molar-refractivity contribution in [1.82, 2.24) is 4.90 Å². The quantitative estimate of drug-likeness (QED) is 0.837. The van der Waals surface area contributed by atoms with Gasteiger partial charge in [-0.3, -0.25) is 4.79 Å². The Morgan fingerprint density at radius 2 is 1.95 bits per heavy atom. The van der Waals surface area contributed by atoms with Crippen molar-refractivity contribution >= 4 is 5.91 Å². The molecule has 0 unspecified atom stereocenters. The fourth-order valence-electron chi connectivity index (χ4n) is 2.72. The van der Waals surface area contributed by atoms with E-state index in [0.29, 0.717) is 30.3 Å². The van der Waals surface area contributed by atoms with Crippen LogP contribution in [0.4, 0.5) is 0 Å². The molecule has 0 N–H and O–H groups in total. The summed E-state index contributed by atoms with van der Waals surface area (Å²) in [7, 11) is 1.70.